The molecule has 33 heavy (non-hydrogen) atoms. The highest BCUT2D eigenvalue weighted by atomic mass is 16.8. The van der Waals surface area contributed by atoms with Crippen LogP contribution >= 0.6 is 0 Å². The molecule has 4 saturated heterocycles. The predicted molar refractivity (Wildman–Crippen MR) is 102 cm³/mol. The number of ether oxygens (including phenoxy) is 5. The molecular formula is C22H26O11. The number of rotatable bonds is 1. The number of hydrogen-bond acceptors (Lipinski definition) is 11. The van der Waals surface area contributed by atoms with Gasteiger partial charge in [0, 0.05) is 6.92 Å². The van der Waals surface area contributed by atoms with Crippen molar-refractivity contribution in [1.82, 2.24) is 0 Å². The van der Waals surface area contributed by atoms with Crippen molar-refractivity contribution < 1.29 is 53.1 Å². The summed E-state index contributed by atoms with van der Waals surface area (Å²) < 4.78 is 28.7. The molecule has 4 aliphatic heterocycles. The molecule has 6 aliphatic rings. The van der Waals surface area contributed by atoms with Crippen LogP contribution in [-0.4, -0.2) is 76.0 Å². The topological polar surface area (TPSA) is 155 Å². The second kappa shape index (κ2) is 5.52. The minimum absolute atomic E-state index is 0.202. The molecule has 6 fully saturated rings. The summed E-state index contributed by atoms with van der Waals surface area (Å²) in [5, 5.41) is 23.5. The molecule has 0 aromatic carbocycles. The van der Waals surface area contributed by atoms with Crippen LogP contribution in [0.2, 0.25) is 0 Å². The lowest BCUT2D eigenvalue weighted by molar-refractivity contribution is -0.240. The van der Waals surface area contributed by atoms with Crippen molar-refractivity contribution in [3.8, 4) is 0 Å². The van der Waals surface area contributed by atoms with Gasteiger partial charge in [-0.3, -0.25) is 9.59 Å². The van der Waals surface area contributed by atoms with Gasteiger partial charge in [0.1, 0.15) is 11.5 Å². The van der Waals surface area contributed by atoms with Crippen LogP contribution in [-0.2, 0) is 42.9 Å². The quantitative estimate of drug-likeness (QED) is 0.369. The van der Waals surface area contributed by atoms with Gasteiger partial charge in [-0.25, -0.2) is 9.59 Å². The third-order valence-corrected chi connectivity index (χ3v) is 9.26. The predicted octanol–water partition coefficient (Wildman–Crippen LogP) is -0.799. The first kappa shape index (κ1) is 21.3. The molecule has 11 heteroatoms. The minimum Gasteiger partial charge on any atom is -0.459 e. The number of esters is 4. The number of aliphatic hydroxyl groups excluding tert-OH is 1. The largest absolute Gasteiger partial charge is 0.459 e. The summed E-state index contributed by atoms with van der Waals surface area (Å²) in [5.74, 6) is -5.20. The number of fused-ring (bicyclic) bond motifs is 1. The van der Waals surface area contributed by atoms with Gasteiger partial charge in [-0.15, -0.1) is 0 Å². The Labute approximate surface area is 188 Å². The maximum atomic E-state index is 13.6. The fourth-order valence-corrected chi connectivity index (χ4v) is 8.41. The van der Waals surface area contributed by atoms with E-state index in [0.29, 0.717) is 0 Å². The van der Waals surface area contributed by atoms with E-state index < -0.39 is 93.9 Å². The van der Waals surface area contributed by atoms with Gasteiger partial charge in [-0.1, -0.05) is 20.8 Å². The van der Waals surface area contributed by atoms with E-state index in [1.165, 1.54) is 6.92 Å². The minimum atomic E-state index is -2.29. The average molecular weight is 466 g/mol. The van der Waals surface area contributed by atoms with E-state index in [9.17, 15) is 29.4 Å². The fraction of sp³-hybridized carbons (Fsp3) is 0.818. The van der Waals surface area contributed by atoms with Crippen LogP contribution in [0.15, 0.2) is 0 Å². The van der Waals surface area contributed by atoms with Crippen molar-refractivity contribution in [2.75, 3.05) is 0 Å². The lowest BCUT2D eigenvalue weighted by Gasteiger charge is -2.48. The molecule has 4 heterocycles. The van der Waals surface area contributed by atoms with Gasteiger partial charge in [-0.2, -0.15) is 0 Å². The van der Waals surface area contributed by atoms with Gasteiger partial charge in [-0.05, 0) is 24.7 Å². The van der Waals surface area contributed by atoms with Gasteiger partial charge in [0.15, 0.2) is 23.9 Å². The molecule has 0 amide bonds. The summed E-state index contributed by atoms with van der Waals surface area (Å²) in [6.07, 6.45) is -6.85. The van der Waals surface area contributed by atoms with E-state index in [4.69, 9.17) is 23.7 Å². The molecule has 2 N–H and O–H groups in total. The molecule has 0 radical (unpaired) electrons. The monoisotopic (exact) mass is 466 g/mol. The van der Waals surface area contributed by atoms with Crippen LogP contribution in [0.1, 0.15) is 41.0 Å². The van der Waals surface area contributed by atoms with E-state index in [0.717, 1.165) is 6.92 Å². The first-order chi connectivity index (χ1) is 15.2. The standard InChI is InChI=1S/C22H26O11/c1-7-14(25)31-13-12(29-8(2)23)20-10-6-9(18(3,4)5)19(20)11(24)15(26)32-17(19)33-22(20,16(27)30-10)21(7,13)28/h7,9-13,17,24,28H,6H2,1-5H3/t7-,9+,10-,11?,12+,13+,17+,19+,20+,21-,22-/m1/s1. The third kappa shape index (κ3) is 1.71. The van der Waals surface area contributed by atoms with Crippen LogP contribution in [0.5, 0.6) is 0 Å². The summed E-state index contributed by atoms with van der Waals surface area (Å²) in [7, 11) is 0. The van der Waals surface area contributed by atoms with Crippen molar-refractivity contribution in [2.24, 2.45) is 28.1 Å². The summed E-state index contributed by atoms with van der Waals surface area (Å²) >= 11 is 0. The highest BCUT2D eigenvalue weighted by Crippen LogP contribution is 2.85. The second-order valence-electron chi connectivity index (χ2n) is 11.3. The lowest BCUT2D eigenvalue weighted by atomic mass is 9.51. The van der Waals surface area contributed by atoms with Crippen LogP contribution < -0.4 is 0 Å². The van der Waals surface area contributed by atoms with Gasteiger partial charge in [0.25, 0.3) is 0 Å². The Balaban J connectivity index is 1.74. The third-order valence-electron chi connectivity index (χ3n) is 9.26. The van der Waals surface area contributed by atoms with Gasteiger partial charge >= 0.3 is 23.9 Å². The smallest absolute Gasteiger partial charge is 0.343 e. The molecule has 0 bridgehead atoms. The highest BCUT2D eigenvalue weighted by Gasteiger charge is 3.04. The van der Waals surface area contributed by atoms with Gasteiger partial charge in [0.2, 0.25) is 11.9 Å². The normalized spacial score (nSPS) is 55.5. The Morgan fingerprint density at radius 2 is 1.79 bits per heavy atom. The maximum Gasteiger partial charge on any atom is 0.343 e. The zero-order chi connectivity index (χ0) is 24.1. The van der Waals surface area contributed by atoms with Crippen LogP contribution in [0, 0.1) is 28.1 Å². The molecule has 180 valence electrons. The molecule has 2 spiro atoms. The van der Waals surface area contributed by atoms with Crippen molar-refractivity contribution in [3.63, 3.8) is 0 Å². The Kier molecular flexibility index (Phi) is 3.57. The van der Waals surface area contributed by atoms with Gasteiger partial charge in [0.05, 0.1) is 11.3 Å². The lowest BCUT2D eigenvalue weighted by Crippen LogP contribution is -2.67. The van der Waals surface area contributed by atoms with E-state index in [1.807, 2.05) is 20.8 Å². The van der Waals surface area contributed by atoms with Crippen molar-refractivity contribution in [3.05, 3.63) is 0 Å². The Bertz CT molecular complexity index is 1030. The molecule has 11 nitrogen and oxygen atoms in total. The number of carbonyl (C=O) groups is 4. The highest BCUT2D eigenvalue weighted by molar-refractivity contribution is 5.94. The molecule has 2 saturated carbocycles. The molecule has 1 unspecified atom stereocenters. The average Bonchev–Trinajstić information content (AvgIpc) is 3.40. The number of aliphatic hydroxyl groups is 2. The van der Waals surface area contributed by atoms with E-state index in [-0.39, 0.29) is 6.42 Å². The molecular weight excluding hydrogens is 440 g/mol. The Morgan fingerprint density at radius 1 is 1.12 bits per heavy atom. The van der Waals surface area contributed by atoms with E-state index >= 15 is 0 Å². The maximum absolute atomic E-state index is 13.6. The summed E-state index contributed by atoms with van der Waals surface area (Å²) in [4.78, 5) is 51.2. The zero-order valence-electron chi connectivity index (χ0n) is 18.8. The number of hydrogen-bond donors (Lipinski definition) is 2. The van der Waals surface area contributed by atoms with Crippen LogP contribution in [0.4, 0.5) is 0 Å². The zero-order valence-corrected chi connectivity index (χ0v) is 18.8. The molecule has 0 aromatic heterocycles. The summed E-state index contributed by atoms with van der Waals surface area (Å²) in [6, 6.07) is 0. The van der Waals surface area contributed by atoms with Crippen LogP contribution in [0.3, 0.4) is 0 Å². The second-order valence-corrected chi connectivity index (χ2v) is 11.3. The Morgan fingerprint density at radius 3 is 2.39 bits per heavy atom. The van der Waals surface area contributed by atoms with E-state index in [2.05, 4.69) is 0 Å². The molecule has 2 aliphatic carbocycles. The summed E-state index contributed by atoms with van der Waals surface area (Å²) in [5.41, 5.74) is -8.43. The van der Waals surface area contributed by atoms with Crippen molar-refractivity contribution in [2.45, 2.75) is 82.9 Å². The van der Waals surface area contributed by atoms with Crippen molar-refractivity contribution >= 4 is 23.9 Å². The first-order valence-electron chi connectivity index (χ1n) is 11.1. The Hall–Kier alpha value is -2.24. The van der Waals surface area contributed by atoms with Crippen LogP contribution in [0.25, 0.3) is 0 Å². The first-order valence-corrected chi connectivity index (χ1v) is 11.1. The van der Waals surface area contributed by atoms with E-state index in [1.54, 1.807) is 0 Å². The molecule has 6 rings (SSSR count). The fourth-order valence-electron chi connectivity index (χ4n) is 8.41. The number of carbonyl (C=O) groups excluding carboxylic acids is 4. The van der Waals surface area contributed by atoms with Crippen molar-refractivity contribution in [1.29, 1.82) is 0 Å². The SMILES string of the molecule is CC(=O)O[C@H]1[C@@H]2OC(=O)[C@@H](C)[C@]2(O)[C@@]23O[C@@H]4OC(=O)C(O)[C@@]45[C@H](C(C)(C)C)C[C@@H](OC2=O)[C@]153. The molecule has 0 aromatic rings. The molecule has 11 atom stereocenters. The summed E-state index contributed by atoms with van der Waals surface area (Å²) in [6.45, 7) is 8.27. The van der Waals surface area contributed by atoms with Gasteiger partial charge < -0.3 is 33.9 Å².